The number of urea groups is 1. The first-order valence-electron chi connectivity index (χ1n) is 14.9. The minimum absolute atomic E-state index is 0.00368. The predicted octanol–water partition coefficient (Wildman–Crippen LogP) is 6.10. The molecule has 1 saturated heterocycles. The van der Waals surface area contributed by atoms with E-state index < -0.39 is 24.3 Å². The molecule has 4 atom stereocenters. The van der Waals surface area contributed by atoms with E-state index >= 15 is 0 Å². The molecule has 5 rings (SSSR count). The molecular formula is C36H38N2O6S. The van der Waals surface area contributed by atoms with Gasteiger partial charge in [-0.25, -0.2) is 9.59 Å². The molecule has 0 saturated carbocycles. The van der Waals surface area contributed by atoms with Crippen LogP contribution in [-0.4, -0.2) is 42.1 Å². The lowest BCUT2D eigenvalue weighted by Gasteiger charge is -2.36. The van der Waals surface area contributed by atoms with Gasteiger partial charge in [0.2, 0.25) is 0 Å². The number of carbonyl (C=O) groups is 2. The summed E-state index contributed by atoms with van der Waals surface area (Å²) < 4.78 is 17.8. The summed E-state index contributed by atoms with van der Waals surface area (Å²) in [5.41, 5.74) is 4.58. The second kappa shape index (κ2) is 16.2. The van der Waals surface area contributed by atoms with Crippen molar-refractivity contribution in [2.24, 2.45) is 0 Å². The van der Waals surface area contributed by atoms with Crippen LogP contribution in [0.2, 0.25) is 0 Å². The molecule has 8 nitrogen and oxygen atoms in total. The number of esters is 1. The maximum absolute atomic E-state index is 12.7. The summed E-state index contributed by atoms with van der Waals surface area (Å²) in [6.07, 6.45) is 0.269. The number of benzene rings is 4. The Labute approximate surface area is 268 Å². The molecule has 4 aromatic rings. The van der Waals surface area contributed by atoms with Crippen LogP contribution in [0.3, 0.4) is 0 Å². The zero-order valence-corrected chi connectivity index (χ0v) is 26.0. The second-order valence-corrected chi connectivity index (χ2v) is 11.9. The standard InChI is InChI=1S/C36H38N2O6S/c1-42-34(40)32(20-25-8-4-2-5-9-25)38-36(41)37-22-26-12-18-29(19-13-26)35-43-30(24-45-31-10-6-3-7-11-31)21-33(44-35)28-16-14-27(23-39)15-17-28/h2-19,30,32-33,35,39H,20-24H2,1H3,(H2,37,38,41). The maximum Gasteiger partial charge on any atom is 0.328 e. The number of hydrogen-bond acceptors (Lipinski definition) is 7. The molecule has 0 aliphatic carbocycles. The van der Waals surface area contributed by atoms with Crippen LogP contribution in [0.15, 0.2) is 114 Å². The van der Waals surface area contributed by atoms with Crippen LogP contribution < -0.4 is 10.6 Å². The van der Waals surface area contributed by atoms with E-state index in [9.17, 15) is 14.7 Å². The molecule has 1 heterocycles. The Hall–Kier alpha value is -4.15. The Kier molecular flexibility index (Phi) is 11.6. The Balaban J connectivity index is 1.21. The zero-order chi connectivity index (χ0) is 31.4. The molecule has 1 fully saturated rings. The largest absolute Gasteiger partial charge is 0.467 e. The highest BCUT2D eigenvalue weighted by atomic mass is 32.2. The number of nitrogens with one attached hydrogen (secondary N) is 2. The predicted molar refractivity (Wildman–Crippen MR) is 173 cm³/mol. The number of aliphatic hydroxyl groups is 1. The number of ether oxygens (including phenoxy) is 3. The first-order chi connectivity index (χ1) is 22.0. The molecular weight excluding hydrogens is 588 g/mol. The normalized spacial score (nSPS) is 18.5. The second-order valence-electron chi connectivity index (χ2n) is 10.8. The van der Waals surface area contributed by atoms with Gasteiger partial charge in [0.05, 0.1) is 25.9 Å². The molecule has 0 radical (unpaired) electrons. The van der Waals surface area contributed by atoms with Crippen molar-refractivity contribution < 1.29 is 28.9 Å². The van der Waals surface area contributed by atoms with Crippen LogP contribution in [0.1, 0.15) is 46.6 Å². The third kappa shape index (κ3) is 9.42. The first-order valence-corrected chi connectivity index (χ1v) is 15.9. The fraction of sp³-hybridized carbons (Fsp3) is 0.278. The maximum atomic E-state index is 12.7. The van der Waals surface area contributed by atoms with Crippen molar-refractivity contribution in [3.8, 4) is 0 Å². The summed E-state index contributed by atoms with van der Waals surface area (Å²) in [5.74, 6) is 0.275. The number of hydrogen-bond donors (Lipinski definition) is 3. The van der Waals surface area contributed by atoms with Crippen LogP contribution in [-0.2, 0) is 38.6 Å². The highest BCUT2D eigenvalue weighted by Crippen LogP contribution is 2.39. The van der Waals surface area contributed by atoms with Crippen molar-refractivity contribution in [3.05, 3.63) is 137 Å². The van der Waals surface area contributed by atoms with Gasteiger partial charge in [0.1, 0.15) is 6.04 Å². The molecule has 0 aromatic heterocycles. The number of methoxy groups -OCH3 is 1. The van der Waals surface area contributed by atoms with E-state index in [4.69, 9.17) is 14.2 Å². The van der Waals surface area contributed by atoms with Gasteiger partial charge in [-0.2, -0.15) is 0 Å². The monoisotopic (exact) mass is 626 g/mol. The van der Waals surface area contributed by atoms with Gasteiger partial charge in [-0.1, -0.05) is 97.1 Å². The van der Waals surface area contributed by atoms with Crippen LogP contribution in [0.25, 0.3) is 0 Å². The number of thioether (sulfide) groups is 1. The van der Waals surface area contributed by atoms with Crippen molar-refractivity contribution in [2.45, 2.75) is 55.4 Å². The summed E-state index contributed by atoms with van der Waals surface area (Å²) >= 11 is 1.76. The molecule has 45 heavy (non-hydrogen) atoms. The summed E-state index contributed by atoms with van der Waals surface area (Å²) in [7, 11) is 1.31. The van der Waals surface area contributed by atoms with Crippen LogP contribution in [0.5, 0.6) is 0 Å². The molecule has 0 bridgehead atoms. The topological polar surface area (TPSA) is 106 Å². The SMILES string of the molecule is COC(=O)C(Cc1ccccc1)NC(=O)NCc1ccc(C2OC(CSc3ccccc3)CC(c3ccc(CO)cc3)O2)cc1. The van der Waals surface area contributed by atoms with E-state index in [0.717, 1.165) is 33.6 Å². The minimum atomic E-state index is -0.804. The average Bonchev–Trinajstić information content (AvgIpc) is 3.10. The molecule has 3 N–H and O–H groups in total. The van der Waals surface area contributed by atoms with Crippen LogP contribution >= 0.6 is 11.8 Å². The summed E-state index contributed by atoms with van der Waals surface area (Å²) in [6, 6.07) is 34.1. The molecule has 4 unspecified atom stereocenters. The molecule has 234 valence electrons. The third-order valence-electron chi connectivity index (χ3n) is 7.57. The summed E-state index contributed by atoms with van der Waals surface area (Å²) in [6.45, 7) is 0.268. The quantitative estimate of drug-likeness (QED) is 0.129. The van der Waals surface area contributed by atoms with E-state index in [2.05, 4.69) is 22.8 Å². The molecule has 9 heteroatoms. The van der Waals surface area contributed by atoms with Gasteiger partial charge in [-0.3, -0.25) is 0 Å². The van der Waals surface area contributed by atoms with Gasteiger partial charge in [0, 0.05) is 35.6 Å². The Morgan fingerprint density at radius 1 is 0.844 bits per heavy atom. The Morgan fingerprint density at radius 3 is 2.16 bits per heavy atom. The van der Waals surface area contributed by atoms with E-state index in [1.165, 1.54) is 12.0 Å². The fourth-order valence-electron chi connectivity index (χ4n) is 5.10. The lowest BCUT2D eigenvalue weighted by Crippen LogP contribution is -2.47. The van der Waals surface area contributed by atoms with Crippen LogP contribution in [0, 0.1) is 0 Å². The van der Waals surface area contributed by atoms with Crippen LogP contribution in [0.4, 0.5) is 4.79 Å². The van der Waals surface area contributed by atoms with Gasteiger partial charge in [0.25, 0.3) is 0 Å². The van der Waals surface area contributed by atoms with Gasteiger partial charge in [-0.05, 0) is 34.4 Å². The first kappa shape index (κ1) is 32.2. The number of rotatable bonds is 12. The fourth-order valence-corrected chi connectivity index (χ4v) is 6.04. The Morgan fingerprint density at radius 2 is 1.49 bits per heavy atom. The number of amides is 2. The molecule has 1 aliphatic rings. The molecule has 1 aliphatic heterocycles. The average molecular weight is 627 g/mol. The number of aliphatic hydroxyl groups excluding tert-OH is 1. The van der Waals surface area contributed by atoms with Gasteiger partial charge < -0.3 is 30.0 Å². The van der Waals surface area contributed by atoms with Gasteiger partial charge in [0.15, 0.2) is 6.29 Å². The van der Waals surface area contributed by atoms with E-state index in [0.29, 0.717) is 12.8 Å². The van der Waals surface area contributed by atoms with Crippen molar-refractivity contribution in [1.29, 1.82) is 0 Å². The van der Waals surface area contributed by atoms with Crippen molar-refractivity contribution in [2.75, 3.05) is 12.9 Å². The third-order valence-corrected chi connectivity index (χ3v) is 8.72. The smallest absolute Gasteiger partial charge is 0.328 e. The highest BCUT2D eigenvalue weighted by molar-refractivity contribution is 7.99. The highest BCUT2D eigenvalue weighted by Gasteiger charge is 2.32. The zero-order valence-electron chi connectivity index (χ0n) is 25.1. The van der Waals surface area contributed by atoms with Crippen molar-refractivity contribution in [1.82, 2.24) is 10.6 Å². The molecule has 4 aromatic carbocycles. The Bertz CT molecular complexity index is 1500. The molecule has 2 amide bonds. The minimum Gasteiger partial charge on any atom is -0.467 e. The summed E-state index contributed by atoms with van der Waals surface area (Å²) in [5, 5.41) is 15.0. The summed E-state index contributed by atoms with van der Waals surface area (Å²) in [4.78, 5) is 26.2. The lowest BCUT2D eigenvalue weighted by molar-refractivity contribution is -0.245. The van der Waals surface area contributed by atoms with Crippen molar-refractivity contribution >= 4 is 23.8 Å². The van der Waals surface area contributed by atoms with Gasteiger partial charge in [-0.15, -0.1) is 11.8 Å². The van der Waals surface area contributed by atoms with Gasteiger partial charge >= 0.3 is 12.0 Å². The van der Waals surface area contributed by atoms with E-state index in [-0.39, 0.29) is 25.4 Å². The molecule has 0 spiro atoms. The lowest BCUT2D eigenvalue weighted by atomic mass is 10.0. The van der Waals surface area contributed by atoms with Crippen molar-refractivity contribution in [3.63, 3.8) is 0 Å². The van der Waals surface area contributed by atoms with E-state index in [1.807, 2.05) is 97.1 Å². The van der Waals surface area contributed by atoms with E-state index in [1.54, 1.807) is 11.8 Å². The number of carbonyl (C=O) groups excluding carboxylic acids is 2.